The number of nitrogens with zero attached hydrogens (tertiary/aromatic N) is 1. The minimum absolute atomic E-state index is 0.405. The summed E-state index contributed by atoms with van der Waals surface area (Å²) in [5.74, 6) is 0.724. The summed E-state index contributed by atoms with van der Waals surface area (Å²) in [6.07, 6.45) is 1.72. The van der Waals surface area contributed by atoms with Crippen molar-refractivity contribution < 1.29 is 14.0 Å². The lowest BCUT2D eigenvalue weighted by atomic mass is 9.77. The molecule has 2 aromatic rings. The molecule has 6 heteroatoms. The van der Waals surface area contributed by atoms with E-state index >= 15 is 0 Å². The van der Waals surface area contributed by atoms with E-state index in [2.05, 4.69) is 4.98 Å². The van der Waals surface area contributed by atoms with Gasteiger partial charge in [0.25, 0.3) is 0 Å². The number of halogens is 1. The van der Waals surface area contributed by atoms with Crippen LogP contribution in [0.5, 0.6) is 5.75 Å². The summed E-state index contributed by atoms with van der Waals surface area (Å²) in [5, 5.41) is 1.53. The van der Waals surface area contributed by atoms with E-state index in [1.807, 2.05) is 52.8 Å². The Bertz CT molecular complexity index is 732. The van der Waals surface area contributed by atoms with Crippen LogP contribution in [-0.4, -0.2) is 29.9 Å². The van der Waals surface area contributed by atoms with Gasteiger partial charge < -0.3 is 14.0 Å². The number of pyridine rings is 1. The fraction of sp³-hybridized carbons (Fsp3) is 0.471. The summed E-state index contributed by atoms with van der Waals surface area (Å²) in [5.41, 5.74) is 0.848. The predicted octanol–water partition coefficient (Wildman–Crippen LogP) is 3.59. The molecular weight excluding hydrogens is 312 g/mol. The van der Waals surface area contributed by atoms with Gasteiger partial charge >= 0.3 is 7.12 Å². The predicted molar refractivity (Wildman–Crippen MR) is 93.6 cm³/mol. The zero-order valence-corrected chi connectivity index (χ0v) is 14.9. The largest absolute Gasteiger partial charge is 0.497 e. The highest BCUT2D eigenvalue weighted by Gasteiger charge is 2.52. The van der Waals surface area contributed by atoms with Gasteiger partial charge in [-0.25, -0.2) is 0 Å². The number of hydrogen-bond donors (Lipinski definition) is 0. The molecule has 122 valence electrons. The first-order valence-electron chi connectivity index (χ1n) is 7.81. The van der Waals surface area contributed by atoms with Gasteiger partial charge in [0.05, 0.1) is 29.5 Å². The molecule has 4 nitrogen and oxygen atoms in total. The molecule has 2 heterocycles. The smallest absolute Gasteiger partial charge is 0.492 e. The van der Waals surface area contributed by atoms with Crippen molar-refractivity contribution in [2.45, 2.75) is 45.8 Å². The Kier molecular flexibility index (Phi) is 4.07. The average Bonchev–Trinajstić information content (AvgIpc) is 2.66. The molecule has 0 saturated carbocycles. The van der Waals surface area contributed by atoms with Gasteiger partial charge in [0.1, 0.15) is 5.75 Å². The van der Waals surface area contributed by atoms with E-state index in [-0.39, 0.29) is 0 Å². The van der Waals surface area contributed by atoms with Gasteiger partial charge in [-0.1, -0.05) is 11.6 Å². The molecule has 0 radical (unpaired) electrons. The monoisotopic (exact) mass is 333 g/mol. The van der Waals surface area contributed by atoms with Crippen molar-refractivity contribution in [1.82, 2.24) is 4.98 Å². The van der Waals surface area contributed by atoms with Crippen LogP contribution >= 0.6 is 11.6 Å². The highest BCUT2D eigenvalue weighted by atomic mass is 35.5. The van der Waals surface area contributed by atoms with Gasteiger partial charge in [0.2, 0.25) is 0 Å². The molecule has 1 fully saturated rings. The quantitative estimate of drug-likeness (QED) is 0.805. The summed E-state index contributed by atoms with van der Waals surface area (Å²) in [4.78, 5) is 4.54. The van der Waals surface area contributed by atoms with Crippen LogP contribution in [0.3, 0.4) is 0 Å². The number of hydrogen-bond acceptors (Lipinski definition) is 4. The van der Waals surface area contributed by atoms with E-state index < -0.39 is 18.3 Å². The summed E-state index contributed by atoms with van der Waals surface area (Å²) in [6.45, 7) is 10.7. The Morgan fingerprint density at radius 1 is 1.13 bits per heavy atom. The highest BCUT2D eigenvalue weighted by Crippen LogP contribution is 2.37. The van der Waals surface area contributed by atoms with Gasteiger partial charge in [-0.15, -0.1) is 0 Å². The average molecular weight is 334 g/mol. The Morgan fingerprint density at radius 3 is 2.39 bits per heavy atom. The van der Waals surface area contributed by atoms with Gasteiger partial charge in [-0.3, -0.25) is 4.98 Å². The Labute approximate surface area is 142 Å². The minimum Gasteiger partial charge on any atom is -0.492 e. The molecule has 0 aliphatic carbocycles. The summed E-state index contributed by atoms with van der Waals surface area (Å²) >= 11 is 6.29. The van der Waals surface area contributed by atoms with Crippen LogP contribution in [0.25, 0.3) is 10.9 Å². The third-order valence-corrected chi connectivity index (χ3v) is 4.79. The minimum atomic E-state index is -0.494. The Morgan fingerprint density at radius 2 is 1.78 bits per heavy atom. The molecule has 1 saturated heterocycles. The summed E-state index contributed by atoms with van der Waals surface area (Å²) in [7, 11) is -0.494. The number of benzene rings is 1. The maximum absolute atomic E-state index is 6.29. The first kappa shape index (κ1) is 16.6. The molecule has 1 aromatic heterocycles. The maximum Gasteiger partial charge on any atom is 0.497 e. The molecule has 0 N–H and O–H groups in total. The van der Waals surface area contributed by atoms with Crippen molar-refractivity contribution in [2.75, 3.05) is 6.61 Å². The molecule has 0 bridgehead atoms. The van der Waals surface area contributed by atoms with E-state index in [1.54, 1.807) is 6.20 Å². The van der Waals surface area contributed by atoms with Crippen LogP contribution in [0.15, 0.2) is 24.4 Å². The molecule has 3 rings (SSSR count). The van der Waals surface area contributed by atoms with Gasteiger partial charge in [0.15, 0.2) is 0 Å². The highest BCUT2D eigenvalue weighted by molar-refractivity contribution is 6.65. The van der Waals surface area contributed by atoms with E-state index in [1.165, 1.54) is 0 Å². The summed E-state index contributed by atoms with van der Waals surface area (Å²) < 4.78 is 17.8. The van der Waals surface area contributed by atoms with Gasteiger partial charge in [-0.05, 0) is 52.8 Å². The van der Waals surface area contributed by atoms with Crippen molar-refractivity contribution >= 4 is 35.1 Å². The van der Waals surface area contributed by atoms with Gasteiger partial charge in [-0.2, -0.15) is 0 Å². The number of fused-ring (bicyclic) bond motifs is 1. The zero-order valence-electron chi connectivity index (χ0n) is 14.1. The molecule has 1 aromatic carbocycles. The first-order chi connectivity index (χ1) is 10.7. The molecule has 0 atom stereocenters. The van der Waals surface area contributed by atoms with E-state index in [9.17, 15) is 0 Å². The standard InChI is InChI=1S/C17H21BClNO3/c1-6-21-13-8-11-7-12(19)9-14(15(11)20-10-13)18-22-16(2,3)17(4,5)23-18/h7-10H,6H2,1-5H3. The molecule has 0 spiro atoms. The molecule has 1 aliphatic rings. The van der Waals surface area contributed by atoms with E-state index in [4.69, 9.17) is 25.6 Å². The second-order valence-corrected chi connectivity index (χ2v) is 7.20. The lowest BCUT2D eigenvalue weighted by molar-refractivity contribution is 0.00578. The van der Waals surface area contributed by atoms with Crippen LogP contribution in [0.4, 0.5) is 0 Å². The van der Waals surface area contributed by atoms with E-state index in [0.717, 1.165) is 22.1 Å². The SMILES string of the molecule is CCOc1cnc2c(B3OC(C)(C)C(C)(C)O3)cc(Cl)cc2c1. The van der Waals surface area contributed by atoms with Crippen molar-refractivity contribution in [3.63, 3.8) is 0 Å². The second kappa shape index (κ2) is 5.65. The Balaban J connectivity index is 2.08. The topological polar surface area (TPSA) is 40.6 Å². The normalized spacial score (nSPS) is 19.3. The number of aromatic nitrogens is 1. The second-order valence-electron chi connectivity index (χ2n) is 6.76. The first-order valence-corrected chi connectivity index (χ1v) is 8.19. The third-order valence-electron chi connectivity index (χ3n) is 4.57. The van der Waals surface area contributed by atoms with Crippen molar-refractivity contribution in [3.8, 4) is 5.75 Å². The molecule has 23 heavy (non-hydrogen) atoms. The lowest BCUT2D eigenvalue weighted by Gasteiger charge is -2.32. The van der Waals surface area contributed by atoms with Gasteiger partial charge in [0, 0.05) is 15.9 Å². The molecule has 0 unspecified atom stereocenters. The number of rotatable bonds is 3. The van der Waals surface area contributed by atoms with Crippen molar-refractivity contribution in [3.05, 3.63) is 29.4 Å². The van der Waals surface area contributed by atoms with Crippen molar-refractivity contribution in [2.24, 2.45) is 0 Å². The maximum atomic E-state index is 6.29. The van der Waals surface area contributed by atoms with Crippen LogP contribution < -0.4 is 10.2 Å². The van der Waals surface area contributed by atoms with Crippen LogP contribution in [0.1, 0.15) is 34.6 Å². The lowest BCUT2D eigenvalue weighted by Crippen LogP contribution is -2.41. The fourth-order valence-corrected chi connectivity index (χ4v) is 2.85. The number of ether oxygens (including phenoxy) is 1. The molecular formula is C17H21BClNO3. The van der Waals surface area contributed by atoms with Crippen LogP contribution in [0.2, 0.25) is 5.02 Å². The molecule has 0 amide bonds. The molecule has 1 aliphatic heterocycles. The third kappa shape index (κ3) is 2.93. The zero-order chi connectivity index (χ0) is 16.8. The Hall–Kier alpha value is -1.30. The summed E-state index contributed by atoms with van der Waals surface area (Å²) in [6, 6.07) is 5.67. The van der Waals surface area contributed by atoms with Crippen LogP contribution in [0, 0.1) is 0 Å². The van der Waals surface area contributed by atoms with E-state index in [0.29, 0.717) is 11.6 Å². The fourth-order valence-electron chi connectivity index (χ4n) is 2.62. The van der Waals surface area contributed by atoms with Crippen LogP contribution in [-0.2, 0) is 9.31 Å². The van der Waals surface area contributed by atoms with Crippen molar-refractivity contribution in [1.29, 1.82) is 0 Å².